The summed E-state index contributed by atoms with van der Waals surface area (Å²) >= 11 is 3.27. The maximum atomic E-state index is 13.1. The summed E-state index contributed by atoms with van der Waals surface area (Å²) in [6.07, 6.45) is 1.39. The Morgan fingerprint density at radius 3 is 2.60 bits per heavy atom. The normalized spacial score (nSPS) is 10.8. The number of thiazole rings is 1. The molecule has 0 radical (unpaired) electrons. The van der Waals surface area contributed by atoms with Crippen LogP contribution in [-0.4, -0.2) is 55.8 Å². The van der Waals surface area contributed by atoms with Gasteiger partial charge < -0.3 is 9.64 Å². The monoisotopic (exact) mass is 465 g/mol. The van der Waals surface area contributed by atoms with Gasteiger partial charge in [-0.15, -0.1) is 24.2 Å². The topological polar surface area (TPSA) is 45.7 Å². The number of hydrogen-bond acceptors (Lipinski definition) is 6. The molecule has 0 saturated carbocycles. The molecule has 3 rings (SSSR count). The van der Waals surface area contributed by atoms with Gasteiger partial charge in [-0.25, -0.2) is 4.98 Å². The Morgan fingerprint density at radius 2 is 1.90 bits per heavy atom. The average Bonchev–Trinajstić information content (AvgIpc) is 3.14. The standard InChI is InChI=1S/C22H27N3O2S2.ClH/c1-24(2)13-7-14-25(21(26)12-15-28-18-8-5-4-6-9-18)22-23-19-16-17(27-3)10-11-20(19)29-22;/h4-6,8-11,16H,7,12-15H2,1-3H3;1H. The average molecular weight is 466 g/mol. The lowest BCUT2D eigenvalue weighted by molar-refractivity contribution is -0.118. The van der Waals surface area contributed by atoms with Crippen LogP contribution in [0, 0.1) is 0 Å². The van der Waals surface area contributed by atoms with Crippen molar-refractivity contribution in [2.24, 2.45) is 0 Å². The van der Waals surface area contributed by atoms with E-state index in [2.05, 4.69) is 17.0 Å². The van der Waals surface area contributed by atoms with Crippen LogP contribution < -0.4 is 9.64 Å². The van der Waals surface area contributed by atoms with Gasteiger partial charge in [0.25, 0.3) is 0 Å². The van der Waals surface area contributed by atoms with Gasteiger partial charge in [0.2, 0.25) is 5.91 Å². The molecule has 0 aliphatic carbocycles. The van der Waals surface area contributed by atoms with Crippen LogP contribution in [0.15, 0.2) is 53.4 Å². The molecule has 0 atom stereocenters. The number of thioether (sulfide) groups is 1. The van der Waals surface area contributed by atoms with Gasteiger partial charge in [-0.05, 0) is 51.3 Å². The summed E-state index contributed by atoms with van der Waals surface area (Å²) in [7, 11) is 5.75. The first-order chi connectivity index (χ1) is 14.1. The van der Waals surface area contributed by atoms with Crippen molar-refractivity contribution in [2.75, 3.05) is 44.9 Å². The Labute approximate surface area is 192 Å². The molecule has 162 valence electrons. The highest BCUT2D eigenvalue weighted by Gasteiger charge is 2.19. The summed E-state index contributed by atoms with van der Waals surface area (Å²) in [5.41, 5.74) is 0.869. The molecular formula is C22H28ClN3O2S2. The van der Waals surface area contributed by atoms with E-state index < -0.39 is 0 Å². The number of benzene rings is 2. The fourth-order valence-corrected chi connectivity index (χ4v) is 4.77. The van der Waals surface area contributed by atoms with Crippen molar-refractivity contribution in [3.8, 4) is 5.75 Å². The Balaban J connectivity index is 0.00000320. The zero-order chi connectivity index (χ0) is 20.6. The second kappa shape index (κ2) is 12.2. The predicted molar refractivity (Wildman–Crippen MR) is 131 cm³/mol. The van der Waals surface area contributed by atoms with Crippen LogP contribution in [0.25, 0.3) is 10.2 Å². The van der Waals surface area contributed by atoms with E-state index in [9.17, 15) is 4.79 Å². The van der Waals surface area contributed by atoms with Gasteiger partial charge >= 0.3 is 0 Å². The molecule has 0 spiro atoms. The summed E-state index contributed by atoms with van der Waals surface area (Å²) in [6, 6.07) is 16.0. The first-order valence-electron chi connectivity index (χ1n) is 9.64. The molecule has 1 amide bonds. The lowest BCUT2D eigenvalue weighted by Crippen LogP contribution is -2.33. The molecule has 0 N–H and O–H groups in total. The van der Waals surface area contributed by atoms with Gasteiger partial charge in [-0.1, -0.05) is 29.5 Å². The third-order valence-corrected chi connectivity index (χ3v) is 6.50. The number of hydrogen-bond donors (Lipinski definition) is 0. The van der Waals surface area contributed by atoms with Crippen LogP contribution in [0.3, 0.4) is 0 Å². The summed E-state index contributed by atoms with van der Waals surface area (Å²) < 4.78 is 6.36. The van der Waals surface area contributed by atoms with Crippen LogP contribution in [0.1, 0.15) is 12.8 Å². The molecule has 0 bridgehead atoms. The summed E-state index contributed by atoms with van der Waals surface area (Å²) in [5, 5.41) is 0.765. The second-order valence-electron chi connectivity index (χ2n) is 6.94. The van der Waals surface area contributed by atoms with Crippen LogP contribution in [0.5, 0.6) is 5.75 Å². The molecule has 8 heteroatoms. The number of fused-ring (bicyclic) bond motifs is 1. The lowest BCUT2D eigenvalue weighted by atomic mass is 10.3. The van der Waals surface area contributed by atoms with Crippen molar-refractivity contribution in [2.45, 2.75) is 17.7 Å². The first-order valence-corrected chi connectivity index (χ1v) is 11.4. The minimum atomic E-state index is 0. The van der Waals surface area contributed by atoms with E-state index in [-0.39, 0.29) is 18.3 Å². The van der Waals surface area contributed by atoms with E-state index in [4.69, 9.17) is 9.72 Å². The second-order valence-corrected chi connectivity index (χ2v) is 9.12. The van der Waals surface area contributed by atoms with E-state index in [1.807, 2.05) is 55.4 Å². The van der Waals surface area contributed by atoms with Gasteiger partial charge in [0.05, 0.1) is 17.3 Å². The Kier molecular flexibility index (Phi) is 9.91. The summed E-state index contributed by atoms with van der Waals surface area (Å²) in [5.74, 6) is 1.66. The number of amides is 1. The Bertz CT molecular complexity index is 935. The zero-order valence-electron chi connectivity index (χ0n) is 17.5. The van der Waals surface area contributed by atoms with Crippen molar-refractivity contribution >= 4 is 56.8 Å². The number of anilines is 1. The van der Waals surface area contributed by atoms with Crippen molar-refractivity contribution in [1.29, 1.82) is 0 Å². The van der Waals surface area contributed by atoms with Gasteiger partial charge in [-0.3, -0.25) is 9.69 Å². The smallest absolute Gasteiger partial charge is 0.229 e. The van der Waals surface area contributed by atoms with E-state index >= 15 is 0 Å². The molecule has 1 aromatic heterocycles. The number of ether oxygens (including phenoxy) is 1. The van der Waals surface area contributed by atoms with Gasteiger partial charge in [0.1, 0.15) is 5.75 Å². The molecule has 0 unspecified atom stereocenters. The molecule has 5 nitrogen and oxygen atoms in total. The van der Waals surface area contributed by atoms with E-state index in [1.165, 1.54) is 4.90 Å². The van der Waals surface area contributed by atoms with Gasteiger partial charge in [0.15, 0.2) is 5.13 Å². The largest absolute Gasteiger partial charge is 0.497 e. The number of rotatable bonds is 10. The number of halogens is 1. The van der Waals surface area contributed by atoms with Crippen LogP contribution >= 0.6 is 35.5 Å². The third-order valence-electron chi connectivity index (χ3n) is 4.43. The van der Waals surface area contributed by atoms with E-state index in [1.54, 1.807) is 30.2 Å². The zero-order valence-corrected chi connectivity index (χ0v) is 20.0. The minimum absolute atomic E-state index is 0. The highest BCUT2D eigenvalue weighted by atomic mass is 35.5. The summed E-state index contributed by atoms with van der Waals surface area (Å²) in [6.45, 7) is 1.60. The van der Waals surface area contributed by atoms with Gasteiger partial charge in [0, 0.05) is 29.7 Å². The van der Waals surface area contributed by atoms with Crippen molar-refractivity contribution in [1.82, 2.24) is 9.88 Å². The highest BCUT2D eigenvalue weighted by Crippen LogP contribution is 2.32. The SMILES string of the molecule is COc1ccc2sc(N(CCCN(C)C)C(=O)CCSc3ccccc3)nc2c1.Cl. The number of carbonyl (C=O) groups excluding carboxylic acids is 1. The summed E-state index contributed by atoms with van der Waals surface area (Å²) in [4.78, 5) is 23.0. The molecule has 0 saturated heterocycles. The first kappa shape index (κ1) is 24.5. The van der Waals surface area contributed by atoms with Crippen molar-refractivity contribution in [3.63, 3.8) is 0 Å². The van der Waals surface area contributed by atoms with E-state index in [0.717, 1.165) is 39.8 Å². The van der Waals surface area contributed by atoms with Gasteiger partial charge in [-0.2, -0.15) is 0 Å². The lowest BCUT2D eigenvalue weighted by Gasteiger charge is -2.21. The molecule has 0 fully saturated rings. The van der Waals surface area contributed by atoms with Crippen LogP contribution in [0.4, 0.5) is 5.13 Å². The quantitative estimate of drug-likeness (QED) is 0.385. The maximum absolute atomic E-state index is 13.1. The number of methoxy groups -OCH3 is 1. The van der Waals surface area contributed by atoms with Crippen LogP contribution in [-0.2, 0) is 4.79 Å². The molecular weight excluding hydrogens is 438 g/mol. The fraction of sp³-hybridized carbons (Fsp3) is 0.364. The predicted octanol–water partition coefficient (Wildman–Crippen LogP) is 5.19. The van der Waals surface area contributed by atoms with E-state index in [0.29, 0.717) is 13.0 Å². The number of nitrogens with zero attached hydrogens (tertiary/aromatic N) is 3. The number of carbonyl (C=O) groups is 1. The Morgan fingerprint density at radius 1 is 1.13 bits per heavy atom. The molecule has 1 heterocycles. The van der Waals surface area contributed by atoms with Crippen LogP contribution in [0.2, 0.25) is 0 Å². The fourth-order valence-electron chi connectivity index (χ4n) is 2.92. The third kappa shape index (κ3) is 6.87. The molecule has 0 aliphatic heterocycles. The maximum Gasteiger partial charge on any atom is 0.229 e. The van der Waals surface area contributed by atoms with Crippen molar-refractivity contribution in [3.05, 3.63) is 48.5 Å². The van der Waals surface area contributed by atoms with Crippen molar-refractivity contribution < 1.29 is 9.53 Å². The molecule has 2 aromatic carbocycles. The molecule has 0 aliphatic rings. The molecule has 30 heavy (non-hydrogen) atoms. The number of aromatic nitrogens is 1. The Hall–Kier alpha value is -1.80. The highest BCUT2D eigenvalue weighted by molar-refractivity contribution is 7.99. The minimum Gasteiger partial charge on any atom is -0.497 e. The molecule has 3 aromatic rings.